The summed E-state index contributed by atoms with van der Waals surface area (Å²) in [5.41, 5.74) is 0.592. The molecule has 1 aromatic carbocycles. The third-order valence-electron chi connectivity index (χ3n) is 5.45. The number of amides is 1. The number of carbonyl (C=O) groups excluding carboxylic acids is 1. The van der Waals surface area contributed by atoms with Crippen molar-refractivity contribution in [1.82, 2.24) is 4.90 Å². The van der Waals surface area contributed by atoms with Crippen LogP contribution in [0.5, 0.6) is 5.75 Å². The Labute approximate surface area is 158 Å². The van der Waals surface area contributed by atoms with Gasteiger partial charge in [-0.3, -0.25) is 4.79 Å². The number of benzene rings is 1. The Bertz CT molecular complexity index is 831. The number of aryl methyl sites for hydroxylation is 1. The number of carbonyl (C=O) groups is 2. The van der Waals surface area contributed by atoms with E-state index < -0.39 is 11.4 Å². The molecule has 0 aliphatic heterocycles. The fourth-order valence-electron chi connectivity index (χ4n) is 4.02. The second kappa shape index (κ2) is 7.47. The Kier molecular flexibility index (Phi) is 5.26. The maximum absolute atomic E-state index is 13.4. The van der Waals surface area contributed by atoms with Gasteiger partial charge >= 0.3 is 5.97 Å². The fraction of sp³-hybridized carbons (Fsp3) is 0.429. The lowest BCUT2D eigenvalue weighted by atomic mass is 9.77. The van der Waals surface area contributed by atoms with Crippen molar-refractivity contribution in [3.63, 3.8) is 0 Å². The summed E-state index contributed by atoms with van der Waals surface area (Å²) in [6.45, 7) is 1.86. The summed E-state index contributed by atoms with van der Waals surface area (Å²) in [6.07, 6.45) is 3.63. The second-order valence-electron chi connectivity index (χ2n) is 7.17. The van der Waals surface area contributed by atoms with Gasteiger partial charge in [0.05, 0.1) is 19.1 Å². The lowest BCUT2D eigenvalue weighted by Gasteiger charge is -2.32. The van der Waals surface area contributed by atoms with Gasteiger partial charge in [0.25, 0.3) is 0 Å². The van der Waals surface area contributed by atoms with Crippen molar-refractivity contribution >= 4 is 11.9 Å². The van der Waals surface area contributed by atoms with Crippen LogP contribution in [0.25, 0.3) is 0 Å². The molecule has 0 saturated heterocycles. The molecule has 0 bridgehead atoms. The quantitative estimate of drug-likeness (QED) is 0.836. The highest BCUT2D eigenvalue weighted by molar-refractivity contribution is 5.89. The zero-order valence-corrected chi connectivity index (χ0v) is 15.9. The number of nitrogens with zero attached hydrogens (tertiary/aromatic N) is 1. The molecule has 1 saturated carbocycles. The van der Waals surface area contributed by atoms with Gasteiger partial charge in [0.2, 0.25) is 5.91 Å². The highest BCUT2D eigenvalue weighted by Crippen LogP contribution is 2.43. The predicted molar refractivity (Wildman–Crippen MR) is 100 cm³/mol. The molecule has 0 radical (unpaired) electrons. The maximum Gasteiger partial charge on any atom is 0.339 e. The normalized spacial score (nSPS) is 15.5. The van der Waals surface area contributed by atoms with Crippen LogP contribution < -0.4 is 4.74 Å². The van der Waals surface area contributed by atoms with Crippen LogP contribution in [0.4, 0.5) is 0 Å². The smallest absolute Gasteiger partial charge is 0.339 e. The molecule has 0 unspecified atom stereocenters. The number of ether oxygens (including phenoxy) is 1. The van der Waals surface area contributed by atoms with Crippen molar-refractivity contribution in [3.05, 3.63) is 53.0 Å². The monoisotopic (exact) mass is 371 g/mol. The minimum atomic E-state index is -1.03. The number of aromatic carboxylic acids is 1. The number of furan rings is 1. The van der Waals surface area contributed by atoms with E-state index >= 15 is 0 Å². The van der Waals surface area contributed by atoms with Gasteiger partial charge in [-0.05, 0) is 43.5 Å². The van der Waals surface area contributed by atoms with E-state index in [1.165, 1.54) is 6.07 Å². The molecule has 1 N–H and O–H groups in total. The van der Waals surface area contributed by atoms with Crippen LogP contribution in [0.1, 0.15) is 53.1 Å². The lowest BCUT2D eigenvalue weighted by Crippen LogP contribution is -2.43. The first-order valence-electron chi connectivity index (χ1n) is 9.10. The first-order valence-corrected chi connectivity index (χ1v) is 9.10. The zero-order valence-electron chi connectivity index (χ0n) is 15.9. The molecule has 1 fully saturated rings. The largest absolute Gasteiger partial charge is 0.497 e. The Hall–Kier alpha value is -2.76. The molecule has 1 heterocycles. The number of rotatable bonds is 6. The summed E-state index contributed by atoms with van der Waals surface area (Å²) >= 11 is 0. The topological polar surface area (TPSA) is 80.0 Å². The molecule has 1 aromatic heterocycles. The van der Waals surface area contributed by atoms with Crippen molar-refractivity contribution in [2.24, 2.45) is 0 Å². The van der Waals surface area contributed by atoms with Crippen LogP contribution in [0, 0.1) is 6.92 Å². The Balaban J connectivity index is 1.84. The van der Waals surface area contributed by atoms with Gasteiger partial charge in [0, 0.05) is 7.05 Å². The maximum atomic E-state index is 13.4. The first kappa shape index (κ1) is 19.0. The first-order chi connectivity index (χ1) is 12.9. The zero-order chi connectivity index (χ0) is 19.6. The fourth-order valence-corrected chi connectivity index (χ4v) is 4.02. The van der Waals surface area contributed by atoms with Crippen LogP contribution in [0.3, 0.4) is 0 Å². The highest BCUT2D eigenvalue weighted by Gasteiger charge is 2.44. The molecule has 6 heteroatoms. The molecular weight excluding hydrogens is 346 g/mol. The van der Waals surface area contributed by atoms with E-state index in [1.807, 2.05) is 24.3 Å². The summed E-state index contributed by atoms with van der Waals surface area (Å²) in [7, 11) is 3.36. The summed E-state index contributed by atoms with van der Waals surface area (Å²) in [5.74, 6) is 0.603. The molecular formula is C21H25NO5. The van der Waals surface area contributed by atoms with Crippen LogP contribution in [0.2, 0.25) is 0 Å². The van der Waals surface area contributed by atoms with Gasteiger partial charge in [-0.25, -0.2) is 4.79 Å². The van der Waals surface area contributed by atoms with E-state index in [1.54, 1.807) is 26.0 Å². The minimum absolute atomic E-state index is 0.0381. The highest BCUT2D eigenvalue weighted by atomic mass is 16.5. The third-order valence-corrected chi connectivity index (χ3v) is 5.45. The SMILES string of the molecule is COc1ccc(C2(C(=O)N(C)Cc3cc(C(=O)O)c(C)o3)CCCC2)cc1. The van der Waals surface area contributed by atoms with Crippen molar-refractivity contribution in [2.45, 2.75) is 44.6 Å². The number of hydrogen-bond donors (Lipinski definition) is 1. The molecule has 1 aliphatic carbocycles. The van der Waals surface area contributed by atoms with Gasteiger partial charge in [-0.1, -0.05) is 25.0 Å². The van der Waals surface area contributed by atoms with E-state index in [-0.39, 0.29) is 18.0 Å². The Morgan fingerprint density at radius 1 is 1.22 bits per heavy atom. The average Bonchev–Trinajstić information content (AvgIpc) is 3.29. The summed E-state index contributed by atoms with van der Waals surface area (Å²) < 4.78 is 10.8. The van der Waals surface area contributed by atoms with Gasteiger partial charge < -0.3 is 19.2 Å². The van der Waals surface area contributed by atoms with Gasteiger partial charge in [-0.15, -0.1) is 0 Å². The molecule has 1 aliphatic rings. The summed E-state index contributed by atoms with van der Waals surface area (Å²) in [6, 6.07) is 9.20. The summed E-state index contributed by atoms with van der Waals surface area (Å²) in [4.78, 5) is 26.2. The molecule has 6 nitrogen and oxygen atoms in total. The molecule has 3 rings (SSSR count). The van der Waals surface area contributed by atoms with E-state index in [2.05, 4.69) is 0 Å². The molecule has 1 amide bonds. The summed E-state index contributed by atoms with van der Waals surface area (Å²) in [5, 5.41) is 9.18. The van der Waals surface area contributed by atoms with E-state index in [9.17, 15) is 14.7 Å². The molecule has 0 spiro atoms. The number of carboxylic acid groups (broad SMARTS) is 1. The van der Waals surface area contributed by atoms with E-state index in [0.29, 0.717) is 11.5 Å². The van der Waals surface area contributed by atoms with Crippen molar-refractivity contribution in [1.29, 1.82) is 0 Å². The van der Waals surface area contributed by atoms with Gasteiger partial charge in [0.1, 0.15) is 22.8 Å². The van der Waals surface area contributed by atoms with E-state index in [4.69, 9.17) is 9.15 Å². The van der Waals surface area contributed by atoms with Crippen LogP contribution >= 0.6 is 0 Å². The van der Waals surface area contributed by atoms with Crippen LogP contribution in [-0.4, -0.2) is 36.0 Å². The third kappa shape index (κ3) is 3.56. The Morgan fingerprint density at radius 2 is 1.85 bits per heavy atom. The molecule has 2 aromatic rings. The average molecular weight is 371 g/mol. The minimum Gasteiger partial charge on any atom is -0.497 e. The van der Waals surface area contributed by atoms with Crippen molar-refractivity contribution in [3.8, 4) is 5.75 Å². The van der Waals surface area contributed by atoms with Crippen LogP contribution in [-0.2, 0) is 16.8 Å². The number of methoxy groups -OCH3 is 1. The lowest BCUT2D eigenvalue weighted by molar-refractivity contribution is -0.136. The number of hydrogen-bond acceptors (Lipinski definition) is 4. The van der Waals surface area contributed by atoms with E-state index in [0.717, 1.165) is 37.0 Å². The molecule has 27 heavy (non-hydrogen) atoms. The Morgan fingerprint density at radius 3 is 2.37 bits per heavy atom. The van der Waals surface area contributed by atoms with Crippen LogP contribution in [0.15, 0.2) is 34.7 Å². The standard InChI is InChI=1S/C21H25NO5/c1-14-18(19(23)24)12-17(27-14)13-22(2)20(25)21(10-4-5-11-21)15-6-8-16(26-3)9-7-15/h6-9,12H,4-5,10-11,13H2,1-3H3,(H,23,24). The number of likely N-dealkylation sites (N-methyl/N-ethyl adjacent to an activating group) is 1. The molecule has 144 valence electrons. The van der Waals surface area contributed by atoms with Gasteiger partial charge in [0.15, 0.2) is 0 Å². The van der Waals surface area contributed by atoms with Gasteiger partial charge in [-0.2, -0.15) is 0 Å². The predicted octanol–water partition coefficient (Wildman–Crippen LogP) is 3.77. The van der Waals surface area contributed by atoms with Crippen molar-refractivity contribution < 1.29 is 23.8 Å². The number of carboxylic acids is 1. The second-order valence-corrected chi connectivity index (χ2v) is 7.17. The van der Waals surface area contributed by atoms with Crippen molar-refractivity contribution in [2.75, 3.05) is 14.2 Å². The molecule has 0 atom stereocenters.